The second-order valence-corrected chi connectivity index (χ2v) is 7.73. The summed E-state index contributed by atoms with van der Waals surface area (Å²) in [5.41, 5.74) is 2.37. The molecule has 0 saturated carbocycles. The summed E-state index contributed by atoms with van der Waals surface area (Å²) in [6.45, 7) is 2.80. The number of morpholine rings is 1. The van der Waals surface area contributed by atoms with Crippen LogP contribution in [-0.2, 0) is 16.6 Å². The number of fused-ring (bicyclic) bond motifs is 2. The van der Waals surface area contributed by atoms with Crippen LogP contribution in [0.15, 0.2) is 24.4 Å². The summed E-state index contributed by atoms with van der Waals surface area (Å²) in [4.78, 5) is 28.1. The molecule has 0 bridgehead atoms. The SMILES string of the molecule is Cn1ncc2ccc(C3CN(C(=O)N4CC[C@@H]5OCC(=O)N[C@@H]5C4)C3)cc21. The van der Waals surface area contributed by atoms with Crippen LogP contribution in [-0.4, -0.2) is 76.5 Å². The van der Waals surface area contributed by atoms with E-state index in [1.54, 1.807) is 0 Å². The quantitative estimate of drug-likeness (QED) is 0.802. The summed E-state index contributed by atoms with van der Waals surface area (Å²) in [5, 5.41) is 8.37. The van der Waals surface area contributed by atoms with Gasteiger partial charge in [0.05, 0.1) is 23.9 Å². The molecule has 2 atom stereocenters. The number of hydrogen-bond acceptors (Lipinski definition) is 4. The molecule has 3 aliphatic rings. The number of carbonyl (C=O) groups excluding carboxylic acids is 2. The molecular weight excluding hydrogens is 346 g/mol. The van der Waals surface area contributed by atoms with E-state index in [-0.39, 0.29) is 30.7 Å². The number of piperidine rings is 1. The smallest absolute Gasteiger partial charge is 0.320 e. The molecule has 3 aliphatic heterocycles. The lowest BCUT2D eigenvalue weighted by atomic mass is 9.91. The molecule has 1 aromatic carbocycles. The largest absolute Gasteiger partial charge is 0.366 e. The number of rotatable bonds is 1. The highest BCUT2D eigenvalue weighted by Crippen LogP contribution is 2.30. The van der Waals surface area contributed by atoms with Crippen molar-refractivity contribution in [3.8, 4) is 0 Å². The first-order chi connectivity index (χ1) is 13.1. The second kappa shape index (κ2) is 6.23. The highest BCUT2D eigenvalue weighted by molar-refractivity contribution is 5.80. The number of nitrogens with zero attached hydrogens (tertiary/aromatic N) is 4. The molecule has 142 valence electrons. The maximum atomic E-state index is 12.8. The minimum absolute atomic E-state index is 0.0292. The third-order valence-corrected chi connectivity index (χ3v) is 5.99. The summed E-state index contributed by atoms with van der Waals surface area (Å²) >= 11 is 0. The molecule has 27 heavy (non-hydrogen) atoms. The lowest BCUT2D eigenvalue weighted by molar-refractivity contribution is -0.139. The van der Waals surface area contributed by atoms with Crippen LogP contribution in [0.5, 0.6) is 0 Å². The van der Waals surface area contributed by atoms with Gasteiger partial charge in [0.2, 0.25) is 5.91 Å². The summed E-state index contributed by atoms with van der Waals surface area (Å²) in [6, 6.07) is 6.38. The molecule has 5 rings (SSSR count). The fraction of sp³-hybridized carbons (Fsp3) is 0.526. The molecule has 0 unspecified atom stereocenters. The number of likely N-dealkylation sites (tertiary alicyclic amines) is 2. The van der Waals surface area contributed by atoms with Gasteiger partial charge in [-0.3, -0.25) is 9.48 Å². The van der Waals surface area contributed by atoms with Crippen molar-refractivity contribution < 1.29 is 14.3 Å². The Morgan fingerprint density at radius 2 is 2.11 bits per heavy atom. The Hall–Kier alpha value is -2.61. The number of aryl methyl sites for hydroxylation is 1. The van der Waals surface area contributed by atoms with Gasteiger partial charge in [-0.1, -0.05) is 12.1 Å². The number of urea groups is 1. The van der Waals surface area contributed by atoms with E-state index in [1.807, 2.05) is 27.7 Å². The predicted molar refractivity (Wildman–Crippen MR) is 98.3 cm³/mol. The molecule has 4 heterocycles. The first kappa shape index (κ1) is 16.6. The second-order valence-electron chi connectivity index (χ2n) is 7.73. The van der Waals surface area contributed by atoms with Crippen LogP contribution >= 0.6 is 0 Å². The Labute approximate surface area is 157 Å². The number of aromatic nitrogens is 2. The molecule has 8 heteroatoms. The van der Waals surface area contributed by atoms with E-state index in [9.17, 15) is 9.59 Å². The number of carbonyl (C=O) groups is 2. The van der Waals surface area contributed by atoms with Crippen molar-refractivity contribution in [1.82, 2.24) is 24.9 Å². The number of hydrogen-bond donors (Lipinski definition) is 1. The van der Waals surface area contributed by atoms with Crippen LogP contribution in [0.2, 0.25) is 0 Å². The summed E-state index contributed by atoms with van der Waals surface area (Å²) < 4.78 is 7.45. The maximum Gasteiger partial charge on any atom is 0.320 e. The van der Waals surface area contributed by atoms with Gasteiger partial charge in [0.25, 0.3) is 0 Å². The van der Waals surface area contributed by atoms with Crippen molar-refractivity contribution in [3.05, 3.63) is 30.0 Å². The van der Waals surface area contributed by atoms with Crippen molar-refractivity contribution in [3.63, 3.8) is 0 Å². The van der Waals surface area contributed by atoms with Gasteiger partial charge >= 0.3 is 6.03 Å². The van der Waals surface area contributed by atoms with E-state index >= 15 is 0 Å². The highest BCUT2D eigenvalue weighted by atomic mass is 16.5. The minimum atomic E-state index is -0.0971. The summed E-state index contributed by atoms with van der Waals surface area (Å²) in [6.07, 6.45) is 2.67. The van der Waals surface area contributed by atoms with Gasteiger partial charge in [0.1, 0.15) is 6.61 Å². The van der Waals surface area contributed by atoms with Gasteiger partial charge in [0, 0.05) is 44.5 Å². The molecule has 3 fully saturated rings. The minimum Gasteiger partial charge on any atom is -0.366 e. The van der Waals surface area contributed by atoms with E-state index in [1.165, 1.54) is 5.56 Å². The van der Waals surface area contributed by atoms with Crippen LogP contribution in [0.1, 0.15) is 17.9 Å². The van der Waals surface area contributed by atoms with Crippen molar-refractivity contribution in [2.75, 3.05) is 32.8 Å². The van der Waals surface area contributed by atoms with Crippen molar-refractivity contribution in [2.24, 2.45) is 7.05 Å². The fourth-order valence-electron chi connectivity index (χ4n) is 4.33. The number of nitrogens with one attached hydrogen (secondary N) is 1. The van der Waals surface area contributed by atoms with Gasteiger partial charge in [0.15, 0.2) is 0 Å². The molecule has 3 amide bonds. The van der Waals surface area contributed by atoms with Crippen LogP contribution < -0.4 is 5.32 Å². The highest BCUT2D eigenvalue weighted by Gasteiger charge is 2.40. The Bertz CT molecular complexity index is 904. The molecule has 8 nitrogen and oxygen atoms in total. The summed E-state index contributed by atoms with van der Waals surface area (Å²) in [7, 11) is 1.94. The standard InChI is InChI=1S/C19H23N5O3/c1-22-16-6-12(2-3-13(16)7-20-22)14-8-24(9-14)19(26)23-5-4-17-15(10-23)21-18(25)11-27-17/h2-3,6-7,14-15,17H,4-5,8-11H2,1H3,(H,21,25)/t15-,17+/m1/s1. The summed E-state index contributed by atoms with van der Waals surface area (Å²) in [5.74, 6) is 0.267. The first-order valence-corrected chi connectivity index (χ1v) is 9.45. The monoisotopic (exact) mass is 369 g/mol. The average Bonchev–Trinajstić information content (AvgIpc) is 3.00. The zero-order chi connectivity index (χ0) is 18.5. The average molecular weight is 369 g/mol. The van der Waals surface area contributed by atoms with Crippen LogP contribution in [0.4, 0.5) is 4.79 Å². The van der Waals surface area contributed by atoms with Gasteiger partial charge in [-0.15, -0.1) is 0 Å². The number of ether oxygens (including phenoxy) is 1. The Morgan fingerprint density at radius 1 is 1.26 bits per heavy atom. The van der Waals surface area contributed by atoms with Crippen LogP contribution in [0, 0.1) is 0 Å². The van der Waals surface area contributed by atoms with Crippen molar-refractivity contribution in [2.45, 2.75) is 24.5 Å². The Morgan fingerprint density at radius 3 is 2.96 bits per heavy atom. The van der Waals surface area contributed by atoms with Gasteiger partial charge in [-0.05, 0) is 18.1 Å². The van der Waals surface area contributed by atoms with E-state index in [2.05, 4.69) is 28.6 Å². The molecule has 0 spiro atoms. The lowest BCUT2D eigenvalue weighted by Crippen LogP contribution is -2.63. The van der Waals surface area contributed by atoms with Gasteiger partial charge in [-0.2, -0.15) is 5.10 Å². The third-order valence-electron chi connectivity index (χ3n) is 5.99. The first-order valence-electron chi connectivity index (χ1n) is 9.45. The fourth-order valence-corrected chi connectivity index (χ4v) is 4.33. The molecule has 1 aromatic heterocycles. The Kier molecular flexibility index (Phi) is 3.82. The zero-order valence-electron chi connectivity index (χ0n) is 15.3. The van der Waals surface area contributed by atoms with Crippen LogP contribution in [0.3, 0.4) is 0 Å². The third kappa shape index (κ3) is 2.84. The Balaban J connectivity index is 1.21. The van der Waals surface area contributed by atoms with E-state index in [0.29, 0.717) is 19.0 Å². The van der Waals surface area contributed by atoms with Crippen LogP contribution in [0.25, 0.3) is 10.9 Å². The molecular formula is C19H23N5O3. The lowest BCUT2D eigenvalue weighted by Gasteiger charge is -2.46. The van der Waals surface area contributed by atoms with Gasteiger partial charge in [-0.25, -0.2) is 4.79 Å². The molecule has 2 aromatic rings. The molecule has 1 N–H and O–H groups in total. The van der Waals surface area contributed by atoms with E-state index in [0.717, 1.165) is 30.4 Å². The molecule has 0 radical (unpaired) electrons. The van der Waals surface area contributed by atoms with E-state index in [4.69, 9.17) is 4.74 Å². The molecule has 0 aliphatic carbocycles. The van der Waals surface area contributed by atoms with Gasteiger partial charge < -0.3 is 19.9 Å². The number of benzene rings is 1. The van der Waals surface area contributed by atoms with E-state index < -0.39 is 0 Å². The predicted octanol–water partition coefficient (Wildman–Crippen LogP) is 0.682. The number of amides is 3. The normalized spacial score (nSPS) is 25.9. The topological polar surface area (TPSA) is 79.7 Å². The maximum absolute atomic E-state index is 12.8. The van der Waals surface area contributed by atoms with Crippen molar-refractivity contribution >= 4 is 22.8 Å². The zero-order valence-corrected chi connectivity index (χ0v) is 15.3. The molecule has 3 saturated heterocycles. The van der Waals surface area contributed by atoms with Crippen molar-refractivity contribution in [1.29, 1.82) is 0 Å².